The molecule has 2 aromatic carbocycles. The molecule has 8 heteroatoms. The summed E-state index contributed by atoms with van der Waals surface area (Å²) in [5.41, 5.74) is 3.98. The minimum absolute atomic E-state index is 0.127. The average molecular weight is 424 g/mol. The lowest BCUT2D eigenvalue weighted by Crippen LogP contribution is -2.44. The van der Waals surface area contributed by atoms with E-state index in [0.29, 0.717) is 41.6 Å². The Morgan fingerprint density at radius 3 is 2.68 bits per heavy atom. The smallest absolute Gasteiger partial charge is 0.164 e. The Hall–Kier alpha value is -3.39. The fourth-order valence-corrected chi connectivity index (χ4v) is 4.57. The monoisotopic (exact) mass is 424 g/mol. The summed E-state index contributed by atoms with van der Waals surface area (Å²) in [7, 11) is 3.18. The predicted octanol–water partition coefficient (Wildman–Crippen LogP) is 2.16. The van der Waals surface area contributed by atoms with Crippen molar-refractivity contribution in [2.45, 2.75) is 24.5 Å². The SMILES string of the molecule is C=C(CO)[C@H]1Cc2c(ccc3c2O[C@@H]2COc4cc(OC)c(OC)cc4[C@@H]2/C3=N/N)O1. The highest BCUT2D eigenvalue weighted by molar-refractivity contribution is 6.09. The van der Waals surface area contributed by atoms with Crippen LogP contribution in [0.25, 0.3) is 0 Å². The summed E-state index contributed by atoms with van der Waals surface area (Å²) in [4.78, 5) is 0. The van der Waals surface area contributed by atoms with E-state index in [1.165, 1.54) is 0 Å². The van der Waals surface area contributed by atoms with E-state index in [1.807, 2.05) is 24.3 Å². The van der Waals surface area contributed by atoms with E-state index in [0.717, 1.165) is 28.2 Å². The molecule has 3 atom stereocenters. The van der Waals surface area contributed by atoms with Gasteiger partial charge in [0, 0.05) is 29.2 Å². The number of hydrogen-bond donors (Lipinski definition) is 2. The Kier molecular flexibility index (Phi) is 4.66. The van der Waals surface area contributed by atoms with Gasteiger partial charge in [-0.25, -0.2) is 0 Å². The number of rotatable bonds is 4. The van der Waals surface area contributed by atoms with Crippen LogP contribution in [0.1, 0.15) is 22.6 Å². The summed E-state index contributed by atoms with van der Waals surface area (Å²) in [6.07, 6.45) is -0.0339. The van der Waals surface area contributed by atoms with Crippen molar-refractivity contribution in [3.05, 3.63) is 53.1 Å². The fraction of sp³-hybridized carbons (Fsp3) is 0.348. The minimum atomic E-state index is -0.313. The molecule has 5 rings (SSSR count). The van der Waals surface area contributed by atoms with Gasteiger partial charge in [0.1, 0.15) is 36.1 Å². The van der Waals surface area contributed by atoms with Crippen LogP contribution < -0.4 is 29.5 Å². The van der Waals surface area contributed by atoms with Crippen LogP contribution in [-0.2, 0) is 6.42 Å². The number of benzene rings is 2. The third-order valence-electron chi connectivity index (χ3n) is 6.14. The first kappa shape index (κ1) is 19.6. The van der Waals surface area contributed by atoms with Gasteiger partial charge in [0.05, 0.1) is 32.5 Å². The average Bonchev–Trinajstić information content (AvgIpc) is 3.25. The molecule has 3 aliphatic rings. The van der Waals surface area contributed by atoms with Crippen LogP contribution >= 0.6 is 0 Å². The van der Waals surface area contributed by atoms with E-state index >= 15 is 0 Å². The summed E-state index contributed by atoms with van der Waals surface area (Å²) >= 11 is 0. The van der Waals surface area contributed by atoms with Crippen LogP contribution in [0, 0.1) is 0 Å². The number of ether oxygens (including phenoxy) is 5. The molecule has 8 nitrogen and oxygen atoms in total. The number of nitrogens with two attached hydrogens (primary N) is 1. The molecule has 0 spiro atoms. The van der Waals surface area contributed by atoms with Crippen molar-refractivity contribution in [1.29, 1.82) is 0 Å². The van der Waals surface area contributed by atoms with Gasteiger partial charge in [-0.1, -0.05) is 6.58 Å². The summed E-state index contributed by atoms with van der Waals surface area (Å²) in [5.74, 6) is 8.99. The van der Waals surface area contributed by atoms with E-state index in [9.17, 15) is 5.11 Å². The van der Waals surface area contributed by atoms with E-state index in [2.05, 4.69) is 11.7 Å². The van der Waals surface area contributed by atoms with Gasteiger partial charge in [-0.05, 0) is 23.8 Å². The zero-order valence-corrected chi connectivity index (χ0v) is 17.4. The van der Waals surface area contributed by atoms with Crippen LogP contribution in [0.2, 0.25) is 0 Å². The highest BCUT2D eigenvalue weighted by atomic mass is 16.5. The lowest BCUT2D eigenvalue weighted by Gasteiger charge is -2.39. The maximum Gasteiger partial charge on any atom is 0.164 e. The van der Waals surface area contributed by atoms with E-state index in [1.54, 1.807) is 14.2 Å². The van der Waals surface area contributed by atoms with Gasteiger partial charge in [-0.15, -0.1) is 0 Å². The van der Waals surface area contributed by atoms with Crippen molar-refractivity contribution in [3.8, 4) is 28.7 Å². The number of hydrogen-bond acceptors (Lipinski definition) is 8. The molecule has 0 saturated heterocycles. The van der Waals surface area contributed by atoms with Crippen LogP contribution in [0.5, 0.6) is 28.7 Å². The Labute approximate surface area is 179 Å². The predicted molar refractivity (Wildman–Crippen MR) is 114 cm³/mol. The van der Waals surface area contributed by atoms with E-state index in [4.69, 9.17) is 29.5 Å². The minimum Gasteiger partial charge on any atom is -0.493 e. The van der Waals surface area contributed by atoms with Gasteiger partial charge in [-0.2, -0.15) is 5.10 Å². The number of hydrazone groups is 1. The van der Waals surface area contributed by atoms with Crippen LogP contribution in [0.3, 0.4) is 0 Å². The molecule has 2 aromatic rings. The molecule has 0 amide bonds. The van der Waals surface area contributed by atoms with E-state index in [-0.39, 0.29) is 24.7 Å². The molecule has 31 heavy (non-hydrogen) atoms. The van der Waals surface area contributed by atoms with Gasteiger partial charge < -0.3 is 34.6 Å². The third-order valence-corrected chi connectivity index (χ3v) is 6.14. The summed E-state index contributed by atoms with van der Waals surface area (Å²) in [6, 6.07) is 7.51. The standard InChI is InChI=1S/C23H24N2O6/c1-11(9-26)16-7-14-15(30-16)5-4-12-22(25-24)21-13-6-18(27-2)19(28-3)8-17(13)29-10-20(21)31-23(12)14/h4-6,8,16,20-21,26H,1,7,9-10,24H2,2-3H3/b25-22+/t16-,20-,21+/m1/s1. The quantitative estimate of drug-likeness (QED) is 0.440. The zero-order chi connectivity index (χ0) is 21.7. The summed E-state index contributed by atoms with van der Waals surface area (Å²) in [5, 5.41) is 13.6. The fourth-order valence-electron chi connectivity index (χ4n) is 4.57. The first-order valence-corrected chi connectivity index (χ1v) is 10.0. The highest BCUT2D eigenvalue weighted by Gasteiger charge is 2.44. The maximum atomic E-state index is 9.44. The molecule has 0 aliphatic carbocycles. The lowest BCUT2D eigenvalue weighted by atomic mass is 9.80. The normalized spacial score (nSPS) is 24.0. The molecular formula is C23H24N2O6. The largest absolute Gasteiger partial charge is 0.493 e. The topological polar surface area (TPSA) is 105 Å². The van der Waals surface area contributed by atoms with Crippen molar-refractivity contribution in [3.63, 3.8) is 0 Å². The zero-order valence-electron chi connectivity index (χ0n) is 17.4. The first-order valence-electron chi connectivity index (χ1n) is 10.0. The Morgan fingerprint density at radius 2 is 1.97 bits per heavy atom. The van der Waals surface area contributed by atoms with Crippen molar-refractivity contribution < 1.29 is 28.8 Å². The summed E-state index contributed by atoms with van der Waals surface area (Å²) in [6.45, 7) is 4.11. The molecule has 0 fully saturated rings. The van der Waals surface area contributed by atoms with Gasteiger partial charge >= 0.3 is 0 Å². The number of fused-ring (bicyclic) bond motifs is 6. The second-order valence-electron chi connectivity index (χ2n) is 7.75. The molecule has 0 radical (unpaired) electrons. The van der Waals surface area contributed by atoms with Crippen molar-refractivity contribution in [2.75, 3.05) is 27.4 Å². The second-order valence-corrected chi connectivity index (χ2v) is 7.75. The Balaban J connectivity index is 1.59. The van der Waals surface area contributed by atoms with Crippen LogP contribution in [0.15, 0.2) is 41.5 Å². The highest BCUT2D eigenvalue weighted by Crippen LogP contribution is 2.50. The number of nitrogens with zero attached hydrogens (tertiary/aromatic N) is 1. The lowest BCUT2D eigenvalue weighted by molar-refractivity contribution is 0.0974. The number of methoxy groups -OCH3 is 2. The van der Waals surface area contributed by atoms with Gasteiger partial charge in [-0.3, -0.25) is 0 Å². The maximum absolute atomic E-state index is 9.44. The number of aliphatic hydroxyl groups excluding tert-OH is 1. The molecule has 0 unspecified atom stereocenters. The Bertz CT molecular complexity index is 1100. The molecule has 3 aliphatic heterocycles. The molecule has 0 saturated carbocycles. The van der Waals surface area contributed by atoms with E-state index < -0.39 is 0 Å². The third kappa shape index (κ3) is 2.90. The van der Waals surface area contributed by atoms with Gasteiger partial charge in [0.2, 0.25) is 0 Å². The molecular weight excluding hydrogens is 400 g/mol. The van der Waals surface area contributed by atoms with Gasteiger partial charge in [0.25, 0.3) is 0 Å². The van der Waals surface area contributed by atoms with Crippen LogP contribution in [0.4, 0.5) is 0 Å². The second kappa shape index (κ2) is 7.39. The number of aliphatic hydroxyl groups is 1. The summed E-state index contributed by atoms with van der Waals surface area (Å²) < 4.78 is 29.3. The molecule has 0 aromatic heterocycles. The molecule has 162 valence electrons. The van der Waals surface area contributed by atoms with Crippen LogP contribution in [-0.4, -0.2) is 50.5 Å². The first-order chi connectivity index (χ1) is 15.1. The Morgan fingerprint density at radius 1 is 1.19 bits per heavy atom. The van der Waals surface area contributed by atoms with Gasteiger partial charge in [0.15, 0.2) is 11.5 Å². The molecule has 3 N–H and O–H groups in total. The van der Waals surface area contributed by atoms with Crippen molar-refractivity contribution >= 4 is 5.71 Å². The molecule has 3 heterocycles. The van der Waals surface area contributed by atoms with Crippen molar-refractivity contribution in [1.82, 2.24) is 0 Å². The van der Waals surface area contributed by atoms with Crippen molar-refractivity contribution in [2.24, 2.45) is 10.9 Å². The molecule has 0 bridgehead atoms.